The van der Waals surface area contributed by atoms with Crippen molar-refractivity contribution < 1.29 is 14.3 Å². The summed E-state index contributed by atoms with van der Waals surface area (Å²) >= 11 is 3.28. The van der Waals surface area contributed by atoms with Crippen LogP contribution in [0.3, 0.4) is 0 Å². The number of aromatic nitrogens is 1. The Balaban J connectivity index is 1.62. The molecule has 1 amide bonds. The Morgan fingerprint density at radius 1 is 1.00 bits per heavy atom. The average Bonchev–Trinajstić information content (AvgIpc) is 3.12. The fourth-order valence-corrected chi connectivity index (χ4v) is 4.31. The van der Waals surface area contributed by atoms with Gasteiger partial charge in [0.15, 0.2) is 5.60 Å². The lowest BCUT2D eigenvalue weighted by Gasteiger charge is -2.27. The summed E-state index contributed by atoms with van der Waals surface area (Å²) in [5.41, 5.74) is 4.12. The van der Waals surface area contributed by atoms with E-state index in [0.717, 1.165) is 11.4 Å². The van der Waals surface area contributed by atoms with Crippen LogP contribution in [-0.4, -0.2) is 21.8 Å². The van der Waals surface area contributed by atoms with Crippen LogP contribution in [0.25, 0.3) is 5.69 Å². The standard InChI is InChI=1S/C27H23BrFN3O2/c1-18-15-20(19(2)32(18)25-14-13-23(28)16-24(25)29)17-30-31-26(33)27(34,21-9-5-3-6-10-21)22-11-7-4-8-12-22/h3-17,34H,1-2H3,(H,31,33)/b30-17-. The van der Waals surface area contributed by atoms with E-state index in [9.17, 15) is 14.3 Å². The lowest BCUT2D eigenvalue weighted by Crippen LogP contribution is -2.43. The molecule has 0 atom stereocenters. The molecule has 0 radical (unpaired) electrons. The van der Waals surface area contributed by atoms with Crippen LogP contribution >= 0.6 is 15.9 Å². The van der Waals surface area contributed by atoms with Crippen LogP contribution in [0.2, 0.25) is 0 Å². The van der Waals surface area contributed by atoms with E-state index in [-0.39, 0.29) is 5.82 Å². The zero-order chi connectivity index (χ0) is 24.3. The zero-order valence-corrected chi connectivity index (χ0v) is 20.3. The minimum Gasteiger partial charge on any atom is -0.372 e. The van der Waals surface area contributed by atoms with Crippen molar-refractivity contribution in [3.8, 4) is 5.69 Å². The Morgan fingerprint density at radius 3 is 2.15 bits per heavy atom. The summed E-state index contributed by atoms with van der Waals surface area (Å²) in [6.07, 6.45) is 1.49. The molecule has 1 aromatic heterocycles. The molecular formula is C27H23BrFN3O2. The summed E-state index contributed by atoms with van der Waals surface area (Å²) in [7, 11) is 0. The molecule has 172 valence electrons. The van der Waals surface area contributed by atoms with Crippen LogP contribution in [-0.2, 0) is 10.4 Å². The van der Waals surface area contributed by atoms with Crippen molar-refractivity contribution in [1.29, 1.82) is 0 Å². The van der Waals surface area contributed by atoms with Gasteiger partial charge in [-0.3, -0.25) is 4.79 Å². The first-order valence-electron chi connectivity index (χ1n) is 10.6. The monoisotopic (exact) mass is 519 g/mol. The molecule has 0 unspecified atom stereocenters. The van der Waals surface area contributed by atoms with E-state index in [2.05, 4.69) is 26.5 Å². The number of hydrazone groups is 1. The van der Waals surface area contributed by atoms with Gasteiger partial charge in [-0.05, 0) is 49.2 Å². The minimum absolute atomic E-state index is 0.358. The predicted octanol–water partition coefficient (Wildman–Crippen LogP) is 5.38. The predicted molar refractivity (Wildman–Crippen MR) is 135 cm³/mol. The summed E-state index contributed by atoms with van der Waals surface area (Å²) in [6.45, 7) is 3.72. The number of carbonyl (C=O) groups is 1. The van der Waals surface area contributed by atoms with Gasteiger partial charge in [0.1, 0.15) is 5.82 Å². The molecule has 0 aliphatic heterocycles. The van der Waals surface area contributed by atoms with Crippen molar-refractivity contribution in [3.05, 3.63) is 123 Å². The van der Waals surface area contributed by atoms with Gasteiger partial charge >= 0.3 is 0 Å². The molecule has 34 heavy (non-hydrogen) atoms. The summed E-state index contributed by atoms with van der Waals surface area (Å²) in [6, 6.07) is 24.2. The van der Waals surface area contributed by atoms with E-state index < -0.39 is 11.5 Å². The molecule has 0 aliphatic carbocycles. The molecule has 2 N–H and O–H groups in total. The molecule has 1 heterocycles. The Hall–Kier alpha value is -3.55. The quantitative estimate of drug-likeness (QED) is 0.265. The van der Waals surface area contributed by atoms with Crippen LogP contribution in [0.5, 0.6) is 0 Å². The lowest BCUT2D eigenvalue weighted by molar-refractivity contribution is -0.136. The van der Waals surface area contributed by atoms with E-state index >= 15 is 0 Å². The number of carbonyl (C=O) groups excluding carboxylic acids is 1. The van der Waals surface area contributed by atoms with Crippen molar-refractivity contribution in [2.75, 3.05) is 0 Å². The molecule has 5 nitrogen and oxygen atoms in total. The van der Waals surface area contributed by atoms with E-state index in [4.69, 9.17) is 0 Å². The van der Waals surface area contributed by atoms with Crippen molar-refractivity contribution in [1.82, 2.24) is 9.99 Å². The highest BCUT2D eigenvalue weighted by Crippen LogP contribution is 2.30. The maximum Gasteiger partial charge on any atom is 0.281 e. The van der Waals surface area contributed by atoms with E-state index in [1.807, 2.05) is 32.0 Å². The number of hydrogen-bond donors (Lipinski definition) is 2. The maximum atomic E-state index is 14.5. The molecule has 7 heteroatoms. The topological polar surface area (TPSA) is 66.6 Å². The normalized spacial score (nSPS) is 11.7. The third-order valence-electron chi connectivity index (χ3n) is 5.70. The Bertz CT molecular complexity index is 1310. The largest absolute Gasteiger partial charge is 0.372 e. The molecule has 0 aliphatic rings. The first kappa shape index (κ1) is 23.6. The highest BCUT2D eigenvalue weighted by atomic mass is 79.9. The third kappa shape index (κ3) is 4.44. The maximum absolute atomic E-state index is 14.5. The average molecular weight is 520 g/mol. The summed E-state index contributed by atoms with van der Waals surface area (Å²) < 4.78 is 17.0. The first-order chi connectivity index (χ1) is 16.3. The highest BCUT2D eigenvalue weighted by molar-refractivity contribution is 9.10. The Morgan fingerprint density at radius 2 is 1.59 bits per heavy atom. The fraction of sp³-hybridized carbons (Fsp3) is 0.111. The number of aliphatic hydroxyl groups is 1. The molecule has 0 fully saturated rings. The lowest BCUT2D eigenvalue weighted by atomic mass is 9.85. The Labute approximate surface area is 205 Å². The number of rotatable bonds is 6. The summed E-state index contributed by atoms with van der Waals surface area (Å²) in [5, 5.41) is 15.6. The van der Waals surface area contributed by atoms with Crippen LogP contribution in [0.15, 0.2) is 94.5 Å². The fourth-order valence-electron chi connectivity index (χ4n) is 3.98. The molecule has 0 saturated heterocycles. The van der Waals surface area contributed by atoms with E-state index in [1.54, 1.807) is 65.2 Å². The van der Waals surface area contributed by atoms with Gasteiger partial charge in [-0.2, -0.15) is 5.10 Å². The Kier molecular flexibility index (Phi) is 6.77. The van der Waals surface area contributed by atoms with Crippen LogP contribution in [0, 0.1) is 19.7 Å². The second-order valence-corrected chi connectivity index (χ2v) is 8.81. The van der Waals surface area contributed by atoms with Crippen LogP contribution in [0.1, 0.15) is 28.1 Å². The van der Waals surface area contributed by atoms with Crippen molar-refractivity contribution >= 4 is 28.1 Å². The van der Waals surface area contributed by atoms with Crippen molar-refractivity contribution in [2.24, 2.45) is 5.10 Å². The summed E-state index contributed by atoms with van der Waals surface area (Å²) in [4.78, 5) is 13.2. The van der Waals surface area contributed by atoms with E-state index in [0.29, 0.717) is 26.9 Å². The van der Waals surface area contributed by atoms with Gasteiger partial charge in [-0.1, -0.05) is 76.6 Å². The van der Waals surface area contributed by atoms with Gasteiger partial charge in [0.2, 0.25) is 0 Å². The van der Waals surface area contributed by atoms with Crippen LogP contribution in [0.4, 0.5) is 4.39 Å². The number of aryl methyl sites for hydroxylation is 1. The molecule has 4 aromatic rings. The molecule has 0 bridgehead atoms. The first-order valence-corrected chi connectivity index (χ1v) is 11.4. The van der Waals surface area contributed by atoms with Gasteiger partial charge < -0.3 is 9.67 Å². The van der Waals surface area contributed by atoms with Gasteiger partial charge in [0.05, 0.1) is 11.9 Å². The van der Waals surface area contributed by atoms with Crippen molar-refractivity contribution in [3.63, 3.8) is 0 Å². The molecule has 0 saturated carbocycles. The zero-order valence-electron chi connectivity index (χ0n) is 18.7. The van der Waals surface area contributed by atoms with Gasteiger partial charge in [-0.25, -0.2) is 9.82 Å². The SMILES string of the molecule is Cc1cc(/C=N\NC(=O)C(O)(c2ccccc2)c2ccccc2)c(C)n1-c1ccc(Br)cc1F. The molecule has 0 spiro atoms. The van der Waals surface area contributed by atoms with Crippen molar-refractivity contribution in [2.45, 2.75) is 19.4 Å². The van der Waals surface area contributed by atoms with Gasteiger partial charge in [-0.15, -0.1) is 0 Å². The number of hydrogen-bond acceptors (Lipinski definition) is 3. The number of halogens is 2. The van der Waals surface area contributed by atoms with E-state index in [1.165, 1.54) is 12.3 Å². The molecule has 3 aromatic carbocycles. The third-order valence-corrected chi connectivity index (χ3v) is 6.20. The number of benzene rings is 3. The minimum atomic E-state index is -1.92. The smallest absolute Gasteiger partial charge is 0.281 e. The highest BCUT2D eigenvalue weighted by Gasteiger charge is 2.39. The second kappa shape index (κ2) is 9.75. The molecule has 4 rings (SSSR count). The number of amides is 1. The molecular weight excluding hydrogens is 497 g/mol. The number of nitrogens with one attached hydrogen (secondary N) is 1. The van der Waals surface area contributed by atoms with Gasteiger partial charge in [0.25, 0.3) is 5.91 Å². The second-order valence-electron chi connectivity index (χ2n) is 7.90. The van der Waals surface area contributed by atoms with Crippen LogP contribution < -0.4 is 5.43 Å². The number of nitrogens with zero attached hydrogens (tertiary/aromatic N) is 2. The summed E-state index contributed by atoms with van der Waals surface area (Å²) in [5.74, 6) is -1.04. The van der Waals surface area contributed by atoms with Gasteiger partial charge in [0, 0.05) is 21.4 Å².